The first-order valence-corrected chi connectivity index (χ1v) is 7.93. The third-order valence-electron chi connectivity index (χ3n) is 2.35. The molecule has 0 radical (unpaired) electrons. The highest BCUT2D eigenvalue weighted by Crippen LogP contribution is 2.30. The van der Waals surface area contributed by atoms with Crippen molar-refractivity contribution < 1.29 is 4.79 Å². The fourth-order valence-electron chi connectivity index (χ4n) is 1.39. The van der Waals surface area contributed by atoms with Crippen LogP contribution in [0.5, 0.6) is 0 Å². The second-order valence-corrected chi connectivity index (χ2v) is 6.07. The van der Waals surface area contributed by atoms with Crippen molar-refractivity contribution >= 4 is 55.6 Å². The molecule has 8 heteroatoms. The molecule has 0 atom stereocenters. The summed E-state index contributed by atoms with van der Waals surface area (Å²) in [4.78, 5) is 12.1. The van der Waals surface area contributed by atoms with E-state index in [1.807, 2.05) is 0 Å². The Kier molecular flexibility index (Phi) is 5.33. The molecule has 0 saturated heterocycles. The number of benzene rings is 1. The summed E-state index contributed by atoms with van der Waals surface area (Å²) in [5, 5.41) is 15.1. The van der Waals surface area contributed by atoms with E-state index in [2.05, 4.69) is 43.7 Å². The van der Waals surface area contributed by atoms with Gasteiger partial charge in [-0.3, -0.25) is 4.79 Å². The lowest BCUT2D eigenvalue weighted by atomic mass is 10.3. The van der Waals surface area contributed by atoms with Crippen molar-refractivity contribution in [1.29, 1.82) is 0 Å². The quantitative estimate of drug-likeness (QED) is 0.828. The van der Waals surface area contributed by atoms with Crippen molar-refractivity contribution in [3.05, 3.63) is 32.7 Å². The number of hydrogen-bond acceptors (Lipinski definition) is 5. The Morgan fingerprint density at radius 3 is 3.00 bits per heavy atom. The fraction of sp³-hybridized carbons (Fsp3) is 0.250. The number of halogens is 2. The first-order valence-electron chi connectivity index (χ1n) is 5.94. The van der Waals surface area contributed by atoms with E-state index < -0.39 is 0 Å². The Hall–Kier alpha value is -1.18. The normalized spacial score (nSPS) is 10.3. The van der Waals surface area contributed by atoms with Gasteiger partial charge in [0.2, 0.25) is 10.1 Å². The largest absolute Gasteiger partial charge is 0.360 e. The van der Waals surface area contributed by atoms with Crippen molar-refractivity contribution in [3.8, 4) is 0 Å². The summed E-state index contributed by atoms with van der Waals surface area (Å²) in [5.41, 5.74) is 0.598. The molecular formula is C12H12BrClN4OS. The van der Waals surface area contributed by atoms with Crippen LogP contribution in [0.25, 0.3) is 0 Å². The third kappa shape index (κ3) is 3.68. The van der Waals surface area contributed by atoms with E-state index in [0.29, 0.717) is 25.3 Å². The first kappa shape index (κ1) is 15.2. The Labute approximate surface area is 133 Å². The van der Waals surface area contributed by atoms with E-state index in [0.717, 1.165) is 13.0 Å². The highest BCUT2D eigenvalue weighted by atomic mass is 79.9. The number of carbonyl (C=O) groups is 1. The number of carbonyl (C=O) groups excluding carboxylic acids is 1. The summed E-state index contributed by atoms with van der Waals surface area (Å²) in [6, 6.07) is 5.25. The lowest BCUT2D eigenvalue weighted by molar-refractivity contribution is 0.102. The van der Waals surface area contributed by atoms with Crippen LogP contribution in [0.15, 0.2) is 22.7 Å². The van der Waals surface area contributed by atoms with E-state index >= 15 is 0 Å². The topological polar surface area (TPSA) is 66.9 Å². The number of amides is 1. The van der Waals surface area contributed by atoms with E-state index in [1.165, 1.54) is 11.3 Å². The van der Waals surface area contributed by atoms with Crippen LogP contribution in [0.2, 0.25) is 5.02 Å². The van der Waals surface area contributed by atoms with Crippen LogP contribution < -0.4 is 10.6 Å². The molecule has 5 nitrogen and oxygen atoms in total. The zero-order chi connectivity index (χ0) is 14.5. The SMILES string of the molecule is CCCNc1nnc(C(=O)Nc2cccc(Cl)c2Br)s1. The molecule has 0 aliphatic rings. The van der Waals surface area contributed by atoms with Crippen molar-refractivity contribution in [2.24, 2.45) is 0 Å². The van der Waals surface area contributed by atoms with Crippen molar-refractivity contribution in [1.82, 2.24) is 10.2 Å². The average molecular weight is 376 g/mol. The van der Waals surface area contributed by atoms with Gasteiger partial charge < -0.3 is 10.6 Å². The van der Waals surface area contributed by atoms with E-state index in [1.54, 1.807) is 18.2 Å². The van der Waals surface area contributed by atoms with Crippen molar-refractivity contribution in [3.63, 3.8) is 0 Å². The van der Waals surface area contributed by atoms with Gasteiger partial charge in [-0.15, -0.1) is 10.2 Å². The van der Waals surface area contributed by atoms with E-state index in [9.17, 15) is 4.79 Å². The maximum Gasteiger partial charge on any atom is 0.286 e. The number of nitrogens with one attached hydrogen (secondary N) is 2. The molecule has 0 fully saturated rings. The minimum atomic E-state index is -0.310. The average Bonchev–Trinajstić information content (AvgIpc) is 2.90. The molecule has 20 heavy (non-hydrogen) atoms. The third-order valence-corrected chi connectivity index (χ3v) is 4.62. The van der Waals surface area contributed by atoms with Gasteiger partial charge in [0.25, 0.3) is 5.91 Å². The molecule has 0 unspecified atom stereocenters. The molecule has 2 rings (SSSR count). The summed E-state index contributed by atoms with van der Waals surface area (Å²) in [5.74, 6) is -0.310. The van der Waals surface area contributed by atoms with Crippen LogP contribution in [0.4, 0.5) is 10.8 Å². The Morgan fingerprint density at radius 1 is 1.45 bits per heavy atom. The lowest BCUT2D eigenvalue weighted by Gasteiger charge is -2.06. The minimum Gasteiger partial charge on any atom is -0.360 e. The number of rotatable bonds is 5. The maximum absolute atomic E-state index is 12.1. The molecule has 0 aliphatic heterocycles. The Bertz CT molecular complexity index is 619. The number of aromatic nitrogens is 2. The van der Waals surface area contributed by atoms with Gasteiger partial charge >= 0.3 is 0 Å². The molecular weight excluding hydrogens is 364 g/mol. The number of nitrogens with zero attached hydrogens (tertiary/aromatic N) is 2. The van der Waals surface area contributed by atoms with Crippen LogP contribution in [0, 0.1) is 0 Å². The molecule has 0 aliphatic carbocycles. The van der Waals surface area contributed by atoms with Gasteiger partial charge in [-0.25, -0.2) is 0 Å². The van der Waals surface area contributed by atoms with Gasteiger partial charge in [0.1, 0.15) is 0 Å². The summed E-state index contributed by atoms with van der Waals surface area (Å²) < 4.78 is 0.642. The molecule has 1 aromatic carbocycles. The number of anilines is 2. The molecule has 0 saturated carbocycles. The van der Waals surface area contributed by atoms with Crippen molar-refractivity contribution in [2.75, 3.05) is 17.2 Å². The lowest BCUT2D eigenvalue weighted by Crippen LogP contribution is -2.12. The second-order valence-electron chi connectivity index (χ2n) is 3.89. The Balaban J connectivity index is 2.08. The molecule has 1 amide bonds. The van der Waals surface area contributed by atoms with E-state index in [4.69, 9.17) is 11.6 Å². The molecule has 1 heterocycles. The molecule has 106 valence electrons. The van der Waals surface area contributed by atoms with Gasteiger partial charge in [-0.05, 0) is 34.5 Å². The van der Waals surface area contributed by atoms with Gasteiger partial charge in [0.05, 0.1) is 15.2 Å². The molecule has 2 N–H and O–H groups in total. The zero-order valence-electron chi connectivity index (χ0n) is 10.6. The minimum absolute atomic E-state index is 0.301. The van der Waals surface area contributed by atoms with Crippen LogP contribution in [0.3, 0.4) is 0 Å². The highest BCUT2D eigenvalue weighted by molar-refractivity contribution is 9.10. The monoisotopic (exact) mass is 374 g/mol. The standard InChI is InChI=1S/C12H12BrClN4OS/c1-2-6-15-12-18-17-11(20-12)10(19)16-8-5-3-4-7(14)9(8)13/h3-5H,2,6H2,1H3,(H,15,18)(H,16,19). The Morgan fingerprint density at radius 2 is 2.25 bits per heavy atom. The maximum atomic E-state index is 12.1. The molecule has 0 bridgehead atoms. The molecule has 0 spiro atoms. The van der Waals surface area contributed by atoms with Crippen LogP contribution in [-0.4, -0.2) is 22.6 Å². The molecule has 1 aromatic heterocycles. The first-order chi connectivity index (χ1) is 9.61. The zero-order valence-corrected chi connectivity index (χ0v) is 13.8. The number of hydrogen-bond donors (Lipinski definition) is 2. The van der Waals surface area contributed by atoms with Crippen LogP contribution in [-0.2, 0) is 0 Å². The van der Waals surface area contributed by atoms with E-state index in [-0.39, 0.29) is 5.91 Å². The summed E-state index contributed by atoms with van der Waals surface area (Å²) in [7, 11) is 0. The summed E-state index contributed by atoms with van der Waals surface area (Å²) in [6.45, 7) is 2.86. The van der Waals surface area contributed by atoms with Crippen LogP contribution >= 0.6 is 38.9 Å². The second kappa shape index (κ2) is 7.01. The van der Waals surface area contributed by atoms with Gasteiger partial charge in [0, 0.05) is 6.54 Å². The van der Waals surface area contributed by atoms with Gasteiger partial charge in [-0.1, -0.05) is 35.9 Å². The van der Waals surface area contributed by atoms with Gasteiger partial charge in [-0.2, -0.15) is 0 Å². The van der Waals surface area contributed by atoms with Gasteiger partial charge in [0.15, 0.2) is 0 Å². The molecule has 2 aromatic rings. The predicted molar refractivity (Wildman–Crippen MR) is 85.8 cm³/mol. The summed E-state index contributed by atoms with van der Waals surface area (Å²) >= 11 is 10.5. The predicted octanol–water partition coefficient (Wildman–Crippen LogP) is 4.03. The van der Waals surface area contributed by atoms with Crippen molar-refractivity contribution in [2.45, 2.75) is 13.3 Å². The fourth-order valence-corrected chi connectivity index (χ4v) is 2.60. The summed E-state index contributed by atoms with van der Waals surface area (Å²) in [6.07, 6.45) is 0.983. The smallest absolute Gasteiger partial charge is 0.286 e. The highest BCUT2D eigenvalue weighted by Gasteiger charge is 2.14. The van der Waals surface area contributed by atoms with Crippen LogP contribution in [0.1, 0.15) is 23.1 Å².